The standard InChI is InChI=1S/C11H14N2O6/c1-2-3-4-18-9-6(5-7(12)10(14)15)8(11(16)17)19-13-9/h2-3,7H,4-5,12H2,1H3,(H,14,15)(H,16,17). The van der Waals surface area contributed by atoms with Crippen molar-refractivity contribution in [1.82, 2.24) is 5.16 Å². The molecule has 0 saturated carbocycles. The maximum atomic E-state index is 10.9. The van der Waals surface area contributed by atoms with Crippen LogP contribution in [0.1, 0.15) is 23.0 Å². The lowest BCUT2D eigenvalue weighted by Gasteiger charge is -2.06. The molecule has 1 aromatic heterocycles. The molecular weight excluding hydrogens is 256 g/mol. The second kappa shape index (κ2) is 6.55. The molecule has 104 valence electrons. The zero-order chi connectivity index (χ0) is 14.4. The summed E-state index contributed by atoms with van der Waals surface area (Å²) in [6.07, 6.45) is 3.17. The van der Waals surface area contributed by atoms with E-state index < -0.39 is 23.7 Å². The number of aliphatic carboxylic acids is 1. The molecule has 0 aliphatic rings. The van der Waals surface area contributed by atoms with Gasteiger partial charge in [0.15, 0.2) is 0 Å². The number of allylic oxidation sites excluding steroid dienone is 1. The van der Waals surface area contributed by atoms with Crippen molar-refractivity contribution in [2.45, 2.75) is 19.4 Å². The van der Waals surface area contributed by atoms with Gasteiger partial charge in [-0.05, 0) is 12.1 Å². The van der Waals surface area contributed by atoms with Crippen molar-refractivity contribution >= 4 is 11.9 Å². The first kappa shape index (κ1) is 14.7. The van der Waals surface area contributed by atoms with Crippen LogP contribution in [0, 0.1) is 0 Å². The minimum Gasteiger partial charge on any atom is -0.480 e. The quantitative estimate of drug-likeness (QED) is 0.601. The fourth-order valence-electron chi connectivity index (χ4n) is 1.29. The van der Waals surface area contributed by atoms with Gasteiger partial charge in [-0.2, -0.15) is 0 Å². The highest BCUT2D eigenvalue weighted by atomic mass is 16.5. The molecule has 0 radical (unpaired) electrons. The lowest BCUT2D eigenvalue weighted by Crippen LogP contribution is -2.32. The van der Waals surface area contributed by atoms with E-state index in [9.17, 15) is 9.59 Å². The van der Waals surface area contributed by atoms with Gasteiger partial charge >= 0.3 is 11.9 Å². The molecule has 0 spiro atoms. The van der Waals surface area contributed by atoms with E-state index >= 15 is 0 Å². The van der Waals surface area contributed by atoms with Crippen molar-refractivity contribution in [3.8, 4) is 5.88 Å². The summed E-state index contributed by atoms with van der Waals surface area (Å²) in [4.78, 5) is 21.6. The van der Waals surface area contributed by atoms with Gasteiger partial charge in [-0.3, -0.25) is 4.79 Å². The van der Waals surface area contributed by atoms with Crippen LogP contribution in [-0.4, -0.2) is 40.0 Å². The normalized spacial score (nSPS) is 12.5. The highest BCUT2D eigenvalue weighted by Crippen LogP contribution is 2.23. The molecule has 1 unspecified atom stereocenters. The van der Waals surface area contributed by atoms with Gasteiger partial charge in [0.05, 0.1) is 5.56 Å². The van der Waals surface area contributed by atoms with Gasteiger partial charge in [0.1, 0.15) is 12.6 Å². The summed E-state index contributed by atoms with van der Waals surface area (Å²) in [5.74, 6) is -3.14. The van der Waals surface area contributed by atoms with Crippen molar-refractivity contribution in [2.24, 2.45) is 5.73 Å². The van der Waals surface area contributed by atoms with Gasteiger partial charge in [-0.15, -0.1) is 0 Å². The lowest BCUT2D eigenvalue weighted by atomic mass is 10.1. The van der Waals surface area contributed by atoms with E-state index in [0.29, 0.717) is 0 Å². The molecular formula is C11H14N2O6. The smallest absolute Gasteiger partial charge is 0.375 e. The lowest BCUT2D eigenvalue weighted by molar-refractivity contribution is -0.138. The molecule has 0 amide bonds. The summed E-state index contributed by atoms with van der Waals surface area (Å²) in [6, 6.07) is -1.26. The zero-order valence-electron chi connectivity index (χ0n) is 10.2. The Balaban J connectivity index is 2.97. The Morgan fingerprint density at radius 1 is 1.53 bits per heavy atom. The highest BCUT2D eigenvalue weighted by Gasteiger charge is 2.26. The number of carbonyl (C=O) groups is 2. The Bertz CT molecular complexity index is 493. The predicted molar refractivity (Wildman–Crippen MR) is 63.1 cm³/mol. The summed E-state index contributed by atoms with van der Waals surface area (Å²) in [5, 5.41) is 21.1. The van der Waals surface area contributed by atoms with E-state index in [1.54, 1.807) is 19.1 Å². The first-order chi connectivity index (χ1) is 8.97. The molecule has 0 fully saturated rings. The molecule has 0 aromatic carbocycles. The Hall–Kier alpha value is -2.35. The Morgan fingerprint density at radius 3 is 2.74 bits per heavy atom. The van der Waals surface area contributed by atoms with Crippen LogP contribution in [0.5, 0.6) is 5.88 Å². The molecule has 0 aliphatic heterocycles. The second-order valence-corrected chi connectivity index (χ2v) is 3.63. The van der Waals surface area contributed by atoms with Crippen LogP contribution in [-0.2, 0) is 11.2 Å². The first-order valence-corrected chi connectivity index (χ1v) is 5.41. The minimum atomic E-state index is -1.36. The largest absolute Gasteiger partial charge is 0.480 e. The molecule has 8 heteroatoms. The number of carboxylic acids is 2. The van der Waals surface area contributed by atoms with Crippen LogP contribution >= 0.6 is 0 Å². The monoisotopic (exact) mass is 270 g/mol. The number of aromatic nitrogens is 1. The SMILES string of the molecule is CC=CCOc1noc(C(=O)O)c1CC(N)C(=O)O. The van der Waals surface area contributed by atoms with Crippen LogP contribution < -0.4 is 10.5 Å². The van der Waals surface area contributed by atoms with Gasteiger partial charge < -0.3 is 25.2 Å². The van der Waals surface area contributed by atoms with E-state index in [1.807, 2.05) is 0 Å². The van der Waals surface area contributed by atoms with Crippen molar-refractivity contribution in [3.05, 3.63) is 23.5 Å². The summed E-state index contributed by atoms with van der Waals surface area (Å²) in [5.41, 5.74) is 5.40. The number of carboxylic acid groups (broad SMARTS) is 2. The van der Waals surface area contributed by atoms with Gasteiger partial charge in [0.25, 0.3) is 11.6 Å². The molecule has 8 nitrogen and oxygen atoms in total. The third-order valence-electron chi connectivity index (χ3n) is 2.24. The van der Waals surface area contributed by atoms with Crippen LogP contribution in [0.2, 0.25) is 0 Å². The van der Waals surface area contributed by atoms with Gasteiger partial charge in [0.2, 0.25) is 0 Å². The summed E-state index contributed by atoms with van der Waals surface area (Å²) in [6.45, 7) is 1.95. The maximum absolute atomic E-state index is 10.9. The highest BCUT2D eigenvalue weighted by molar-refractivity contribution is 5.87. The second-order valence-electron chi connectivity index (χ2n) is 3.63. The minimum absolute atomic E-state index is 0.0342. The van der Waals surface area contributed by atoms with Crippen LogP contribution in [0.15, 0.2) is 16.7 Å². The average molecular weight is 270 g/mol. The Kier molecular flexibility index (Phi) is 5.07. The Labute approximate surface area is 108 Å². The molecule has 0 saturated heterocycles. The number of hydrogen-bond donors (Lipinski definition) is 3. The number of hydrogen-bond acceptors (Lipinski definition) is 6. The molecule has 1 atom stereocenters. The van der Waals surface area contributed by atoms with Crippen LogP contribution in [0.25, 0.3) is 0 Å². The molecule has 1 heterocycles. The number of nitrogens with zero attached hydrogens (tertiary/aromatic N) is 1. The maximum Gasteiger partial charge on any atom is 0.375 e. The molecule has 0 bridgehead atoms. The van der Waals surface area contributed by atoms with E-state index in [4.69, 9.17) is 20.7 Å². The topological polar surface area (TPSA) is 136 Å². The Morgan fingerprint density at radius 2 is 2.21 bits per heavy atom. The third-order valence-corrected chi connectivity index (χ3v) is 2.24. The molecule has 19 heavy (non-hydrogen) atoms. The van der Waals surface area contributed by atoms with Gasteiger partial charge in [-0.25, -0.2) is 4.79 Å². The van der Waals surface area contributed by atoms with Crippen LogP contribution in [0.4, 0.5) is 0 Å². The van der Waals surface area contributed by atoms with Gasteiger partial charge in [0, 0.05) is 6.42 Å². The van der Waals surface area contributed by atoms with E-state index in [-0.39, 0.29) is 24.5 Å². The first-order valence-electron chi connectivity index (χ1n) is 5.41. The number of nitrogens with two attached hydrogens (primary N) is 1. The predicted octanol–water partition coefficient (Wildman–Crippen LogP) is 0.282. The third kappa shape index (κ3) is 3.81. The van der Waals surface area contributed by atoms with Crippen molar-refractivity contribution in [3.63, 3.8) is 0 Å². The van der Waals surface area contributed by atoms with Crippen molar-refractivity contribution < 1.29 is 29.1 Å². The van der Waals surface area contributed by atoms with Crippen molar-refractivity contribution in [1.29, 1.82) is 0 Å². The number of rotatable bonds is 7. The van der Waals surface area contributed by atoms with Gasteiger partial charge in [-0.1, -0.05) is 12.2 Å². The van der Waals surface area contributed by atoms with E-state index in [1.165, 1.54) is 0 Å². The summed E-state index contributed by atoms with van der Waals surface area (Å²) in [7, 11) is 0. The molecule has 0 aliphatic carbocycles. The average Bonchev–Trinajstić information content (AvgIpc) is 2.73. The molecule has 4 N–H and O–H groups in total. The summed E-state index contributed by atoms with van der Waals surface area (Å²) >= 11 is 0. The van der Waals surface area contributed by atoms with Crippen molar-refractivity contribution in [2.75, 3.05) is 6.61 Å². The fraction of sp³-hybridized carbons (Fsp3) is 0.364. The molecule has 1 rings (SSSR count). The van der Waals surface area contributed by atoms with Crippen LogP contribution in [0.3, 0.4) is 0 Å². The van der Waals surface area contributed by atoms with E-state index in [0.717, 1.165) is 0 Å². The zero-order valence-corrected chi connectivity index (χ0v) is 10.2. The fourth-order valence-corrected chi connectivity index (χ4v) is 1.29. The molecule has 1 aromatic rings. The number of ether oxygens (including phenoxy) is 1. The van der Waals surface area contributed by atoms with E-state index in [2.05, 4.69) is 9.68 Å². The number of aromatic carboxylic acids is 1. The summed E-state index contributed by atoms with van der Waals surface area (Å²) < 4.78 is 9.81.